The molecule has 1 saturated heterocycles. The Morgan fingerprint density at radius 2 is 1.67 bits per heavy atom. The Morgan fingerprint density at radius 3 is 2.23 bits per heavy atom. The van der Waals surface area contributed by atoms with Crippen LogP contribution in [0.1, 0.15) is 58.1 Å². The Balaban J connectivity index is 1.69. The number of likely N-dealkylation sites (tertiary alicyclic amines) is 1. The molecule has 2 rings (SSSR count). The van der Waals surface area contributed by atoms with Crippen molar-refractivity contribution in [2.75, 3.05) is 33.2 Å². The van der Waals surface area contributed by atoms with Gasteiger partial charge in [-0.1, -0.05) is 24.3 Å². The summed E-state index contributed by atoms with van der Waals surface area (Å²) in [7, 11) is 1.82. The molecule has 0 unspecified atom stereocenters. The quantitative estimate of drug-likeness (QED) is 0.310. The molecule has 0 saturated carbocycles. The lowest BCUT2D eigenvalue weighted by Crippen LogP contribution is -2.41. The van der Waals surface area contributed by atoms with E-state index in [1.807, 2.05) is 7.05 Å². The SMILES string of the molecule is CN=C(NCCCN(C(C)C)C(C)C)NCc1ccc(CN2CCC(O)CC2)cc1. The van der Waals surface area contributed by atoms with Crippen LogP contribution in [-0.4, -0.2) is 72.3 Å². The second kappa shape index (κ2) is 12.9. The molecule has 1 fully saturated rings. The molecule has 0 atom stereocenters. The second-order valence-corrected chi connectivity index (χ2v) is 8.96. The zero-order chi connectivity index (χ0) is 21.9. The van der Waals surface area contributed by atoms with Crippen LogP contribution in [0.25, 0.3) is 0 Å². The fraction of sp³-hybridized carbons (Fsp3) is 0.708. The maximum absolute atomic E-state index is 9.64. The summed E-state index contributed by atoms with van der Waals surface area (Å²) in [5.74, 6) is 0.853. The summed E-state index contributed by atoms with van der Waals surface area (Å²) in [4.78, 5) is 9.29. The van der Waals surface area contributed by atoms with Gasteiger partial charge in [-0.3, -0.25) is 14.8 Å². The van der Waals surface area contributed by atoms with Crippen molar-refractivity contribution in [2.45, 2.75) is 78.2 Å². The van der Waals surface area contributed by atoms with Gasteiger partial charge in [-0.2, -0.15) is 0 Å². The average Bonchev–Trinajstić information content (AvgIpc) is 2.72. The van der Waals surface area contributed by atoms with Crippen molar-refractivity contribution in [1.82, 2.24) is 20.4 Å². The van der Waals surface area contributed by atoms with Gasteiger partial charge in [0, 0.05) is 58.4 Å². The van der Waals surface area contributed by atoms with E-state index in [-0.39, 0.29) is 6.10 Å². The first-order valence-corrected chi connectivity index (χ1v) is 11.6. The highest BCUT2D eigenvalue weighted by Crippen LogP contribution is 2.14. The average molecular weight is 418 g/mol. The third-order valence-corrected chi connectivity index (χ3v) is 5.88. The molecule has 0 amide bonds. The number of aliphatic hydroxyl groups is 1. The van der Waals surface area contributed by atoms with Crippen LogP contribution < -0.4 is 10.6 Å². The van der Waals surface area contributed by atoms with Crippen molar-refractivity contribution in [3.63, 3.8) is 0 Å². The summed E-state index contributed by atoms with van der Waals surface area (Å²) in [5.41, 5.74) is 2.58. The molecule has 1 aromatic carbocycles. The maximum Gasteiger partial charge on any atom is 0.191 e. The van der Waals surface area contributed by atoms with E-state index in [2.05, 4.69) is 77.4 Å². The van der Waals surface area contributed by atoms with E-state index in [0.29, 0.717) is 12.1 Å². The lowest BCUT2D eigenvalue weighted by molar-refractivity contribution is 0.0792. The van der Waals surface area contributed by atoms with Gasteiger partial charge in [0.05, 0.1) is 6.10 Å². The molecule has 0 spiro atoms. The topological polar surface area (TPSA) is 63.1 Å². The summed E-state index contributed by atoms with van der Waals surface area (Å²) in [5, 5.41) is 16.5. The molecule has 30 heavy (non-hydrogen) atoms. The lowest BCUT2D eigenvalue weighted by atomic mass is 10.1. The Labute approximate surface area is 183 Å². The normalized spacial score (nSPS) is 16.6. The monoisotopic (exact) mass is 417 g/mol. The standard InChI is InChI=1S/C24H43N5O/c1-19(2)29(20(3)4)14-6-13-26-24(25-5)27-17-21-7-9-22(10-8-21)18-28-15-11-23(30)12-16-28/h7-10,19-20,23,30H,6,11-18H2,1-5H3,(H2,25,26,27). The molecule has 6 nitrogen and oxygen atoms in total. The number of nitrogens with zero attached hydrogens (tertiary/aromatic N) is 3. The first kappa shape index (κ1) is 24.6. The molecule has 3 N–H and O–H groups in total. The minimum atomic E-state index is -0.109. The number of nitrogens with one attached hydrogen (secondary N) is 2. The zero-order valence-corrected chi connectivity index (χ0v) is 19.7. The number of aliphatic imine (C=N–C) groups is 1. The van der Waals surface area contributed by atoms with Crippen molar-refractivity contribution in [2.24, 2.45) is 4.99 Å². The van der Waals surface area contributed by atoms with E-state index in [1.54, 1.807) is 0 Å². The number of guanidine groups is 1. The van der Waals surface area contributed by atoms with Crippen molar-refractivity contribution in [3.8, 4) is 0 Å². The molecule has 170 valence electrons. The smallest absolute Gasteiger partial charge is 0.191 e. The Kier molecular flexibility index (Phi) is 10.6. The Hall–Kier alpha value is -1.63. The predicted molar refractivity (Wildman–Crippen MR) is 127 cm³/mol. The molecule has 0 aliphatic carbocycles. The van der Waals surface area contributed by atoms with Crippen LogP contribution in [0.15, 0.2) is 29.3 Å². The van der Waals surface area contributed by atoms with Gasteiger partial charge in [0.1, 0.15) is 0 Å². The highest BCUT2D eigenvalue weighted by atomic mass is 16.3. The molecule has 6 heteroatoms. The van der Waals surface area contributed by atoms with E-state index in [4.69, 9.17) is 0 Å². The van der Waals surface area contributed by atoms with Crippen molar-refractivity contribution in [1.29, 1.82) is 0 Å². The molecule has 1 heterocycles. The van der Waals surface area contributed by atoms with Gasteiger partial charge in [0.15, 0.2) is 5.96 Å². The molecular formula is C24H43N5O. The van der Waals surface area contributed by atoms with Gasteiger partial charge in [-0.15, -0.1) is 0 Å². The first-order valence-electron chi connectivity index (χ1n) is 11.6. The largest absolute Gasteiger partial charge is 0.393 e. The van der Waals surface area contributed by atoms with E-state index >= 15 is 0 Å². The highest BCUT2D eigenvalue weighted by molar-refractivity contribution is 5.79. The van der Waals surface area contributed by atoms with Crippen LogP contribution in [0.4, 0.5) is 0 Å². The van der Waals surface area contributed by atoms with Crippen LogP contribution in [0, 0.1) is 0 Å². The third kappa shape index (κ3) is 8.62. The number of piperidine rings is 1. The van der Waals surface area contributed by atoms with E-state index in [1.165, 1.54) is 11.1 Å². The van der Waals surface area contributed by atoms with Crippen molar-refractivity contribution >= 4 is 5.96 Å². The number of hydrogen-bond acceptors (Lipinski definition) is 4. The molecule has 1 aliphatic rings. The van der Waals surface area contributed by atoms with Crippen LogP contribution >= 0.6 is 0 Å². The van der Waals surface area contributed by atoms with E-state index in [9.17, 15) is 5.11 Å². The third-order valence-electron chi connectivity index (χ3n) is 5.88. The minimum absolute atomic E-state index is 0.109. The van der Waals surface area contributed by atoms with E-state index in [0.717, 1.165) is 64.5 Å². The number of benzene rings is 1. The summed E-state index contributed by atoms with van der Waals surface area (Å²) < 4.78 is 0. The van der Waals surface area contributed by atoms with Gasteiger partial charge in [-0.05, 0) is 58.1 Å². The Morgan fingerprint density at radius 1 is 1.07 bits per heavy atom. The van der Waals surface area contributed by atoms with Gasteiger partial charge in [0.25, 0.3) is 0 Å². The maximum atomic E-state index is 9.64. The van der Waals surface area contributed by atoms with Crippen LogP contribution in [-0.2, 0) is 13.1 Å². The number of rotatable bonds is 10. The molecule has 0 aromatic heterocycles. The van der Waals surface area contributed by atoms with Crippen LogP contribution in [0.3, 0.4) is 0 Å². The van der Waals surface area contributed by atoms with Crippen molar-refractivity contribution in [3.05, 3.63) is 35.4 Å². The minimum Gasteiger partial charge on any atom is -0.393 e. The second-order valence-electron chi connectivity index (χ2n) is 8.96. The van der Waals surface area contributed by atoms with Gasteiger partial charge in [-0.25, -0.2) is 0 Å². The molecule has 1 aliphatic heterocycles. The zero-order valence-electron chi connectivity index (χ0n) is 19.7. The Bertz CT molecular complexity index is 613. The molecule has 0 bridgehead atoms. The number of hydrogen-bond donors (Lipinski definition) is 3. The summed E-state index contributed by atoms with van der Waals surface area (Å²) in [6.07, 6.45) is 2.77. The fourth-order valence-corrected chi connectivity index (χ4v) is 4.09. The molecule has 1 aromatic rings. The fourth-order valence-electron chi connectivity index (χ4n) is 4.09. The van der Waals surface area contributed by atoms with E-state index < -0.39 is 0 Å². The van der Waals surface area contributed by atoms with Crippen LogP contribution in [0.5, 0.6) is 0 Å². The highest BCUT2D eigenvalue weighted by Gasteiger charge is 2.16. The number of aliphatic hydroxyl groups excluding tert-OH is 1. The lowest BCUT2D eigenvalue weighted by Gasteiger charge is -2.30. The van der Waals surface area contributed by atoms with Gasteiger partial charge >= 0.3 is 0 Å². The molecule has 0 radical (unpaired) electrons. The van der Waals surface area contributed by atoms with Crippen LogP contribution in [0.2, 0.25) is 0 Å². The predicted octanol–water partition coefficient (Wildman–Crippen LogP) is 2.82. The summed E-state index contributed by atoms with van der Waals surface area (Å²) in [6.45, 7) is 14.7. The van der Waals surface area contributed by atoms with Gasteiger partial charge in [0.2, 0.25) is 0 Å². The molecular weight excluding hydrogens is 374 g/mol. The first-order chi connectivity index (χ1) is 14.4. The summed E-state index contributed by atoms with van der Waals surface area (Å²) >= 11 is 0. The van der Waals surface area contributed by atoms with Crippen molar-refractivity contribution < 1.29 is 5.11 Å². The van der Waals surface area contributed by atoms with Gasteiger partial charge < -0.3 is 15.7 Å². The summed E-state index contributed by atoms with van der Waals surface area (Å²) in [6, 6.07) is 9.96.